The quantitative estimate of drug-likeness (QED) is 0.866. The molecule has 0 fully saturated rings. The highest BCUT2D eigenvalue weighted by molar-refractivity contribution is 5.63. The summed E-state index contributed by atoms with van der Waals surface area (Å²) in [7, 11) is 4.82. The number of methoxy groups -OCH3 is 3. The van der Waals surface area contributed by atoms with Crippen LogP contribution in [0.1, 0.15) is 18.5 Å². The minimum absolute atomic E-state index is 0.125. The molecule has 1 N–H and O–H groups in total. The van der Waals surface area contributed by atoms with Crippen LogP contribution in [-0.2, 0) is 0 Å². The average Bonchev–Trinajstić information content (AvgIpc) is 2.79. The third-order valence-corrected chi connectivity index (χ3v) is 3.03. The molecule has 0 aliphatic carbocycles. The second-order valence-corrected chi connectivity index (χ2v) is 3.98. The molecular weight excluding hydrogens is 234 g/mol. The zero-order valence-corrected chi connectivity index (χ0v) is 11.2. The van der Waals surface area contributed by atoms with E-state index in [1.807, 2.05) is 6.07 Å². The summed E-state index contributed by atoms with van der Waals surface area (Å²) in [5.74, 6) is 2.68. The Bertz CT molecular complexity index is 433. The molecule has 0 bridgehead atoms. The van der Waals surface area contributed by atoms with Gasteiger partial charge in [0, 0.05) is 6.07 Å². The largest absolute Gasteiger partial charge is 0.493 e. The number of hydrogen-bond donors (Lipinski definition) is 1. The molecule has 0 spiro atoms. The van der Waals surface area contributed by atoms with E-state index < -0.39 is 0 Å². The van der Waals surface area contributed by atoms with Crippen molar-refractivity contribution in [1.29, 1.82) is 0 Å². The summed E-state index contributed by atoms with van der Waals surface area (Å²) in [4.78, 5) is 0. The van der Waals surface area contributed by atoms with Crippen LogP contribution in [-0.4, -0.2) is 34.5 Å². The van der Waals surface area contributed by atoms with E-state index in [0.717, 1.165) is 17.9 Å². The van der Waals surface area contributed by atoms with Gasteiger partial charge in [-0.25, -0.2) is 0 Å². The van der Waals surface area contributed by atoms with Crippen molar-refractivity contribution in [2.75, 3.05) is 34.5 Å². The van der Waals surface area contributed by atoms with E-state index in [-0.39, 0.29) is 6.04 Å². The van der Waals surface area contributed by atoms with E-state index in [9.17, 15) is 0 Å². The number of nitrogens with one attached hydrogen (secondary N) is 1. The van der Waals surface area contributed by atoms with Crippen molar-refractivity contribution >= 4 is 0 Å². The van der Waals surface area contributed by atoms with Crippen LogP contribution < -0.4 is 24.3 Å². The van der Waals surface area contributed by atoms with Crippen LogP contribution in [0.3, 0.4) is 0 Å². The van der Waals surface area contributed by atoms with E-state index in [1.165, 1.54) is 0 Å². The number of fused-ring (bicyclic) bond motifs is 1. The third-order valence-electron chi connectivity index (χ3n) is 3.03. The molecule has 0 saturated carbocycles. The number of benzene rings is 1. The second-order valence-electron chi connectivity index (χ2n) is 3.98. The molecule has 0 saturated heterocycles. The SMILES string of the molecule is CCNC1COc2cc(OC)c(OC)c(OC)c21. The molecule has 5 heteroatoms. The Kier molecular flexibility index (Phi) is 3.81. The van der Waals surface area contributed by atoms with Crippen molar-refractivity contribution in [2.45, 2.75) is 13.0 Å². The van der Waals surface area contributed by atoms with Gasteiger partial charge in [0.1, 0.15) is 12.4 Å². The molecule has 2 rings (SSSR count). The van der Waals surface area contributed by atoms with Crippen molar-refractivity contribution in [1.82, 2.24) is 5.32 Å². The van der Waals surface area contributed by atoms with E-state index in [4.69, 9.17) is 18.9 Å². The fourth-order valence-corrected chi connectivity index (χ4v) is 2.27. The van der Waals surface area contributed by atoms with Crippen molar-refractivity contribution < 1.29 is 18.9 Å². The summed E-state index contributed by atoms with van der Waals surface area (Å²) < 4.78 is 21.8. The topological polar surface area (TPSA) is 49.0 Å². The van der Waals surface area contributed by atoms with Crippen LogP contribution in [0.5, 0.6) is 23.0 Å². The fourth-order valence-electron chi connectivity index (χ4n) is 2.27. The molecule has 1 aromatic carbocycles. The summed E-state index contributed by atoms with van der Waals surface area (Å²) in [6.07, 6.45) is 0. The lowest BCUT2D eigenvalue weighted by Gasteiger charge is -2.17. The normalized spacial score (nSPS) is 17.0. The first-order valence-corrected chi connectivity index (χ1v) is 5.95. The van der Waals surface area contributed by atoms with Crippen LogP contribution in [0.25, 0.3) is 0 Å². The maximum absolute atomic E-state index is 5.67. The fraction of sp³-hybridized carbons (Fsp3) is 0.538. The summed E-state index contributed by atoms with van der Waals surface area (Å²) in [6, 6.07) is 1.97. The van der Waals surface area contributed by atoms with Gasteiger partial charge in [-0.2, -0.15) is 0 Å². The predicted molar refractivity (Wildman–Crippen MR) is 68.0 cm³/mol. The van der Waals surface area contributed by atoms with Gasteiger partial charge in [-0.3, -0.25) is 0 Å². The van der Waals surface area contributed by atoms with Gasteiger partial charge < -0.3 is 24.3 Å². The van der Waals surface area contributed by atoms with Gasteiger partial charge in [-0.15, -0.1) is 0 Å². The molecule has 1 aromatic rings. The predicted octanol–water partition coefficient (Wildman–Crippen LogP) is 1.76. The first kappa shape index (κ1) is 12.8. The van der Waals surface area contributed by atoms with Gasteiger partial charge in [0.15, 0.2) is 11.5 Å². The van der Waals surface area contributed by atoms with Crippen molar-refractivity contribution in [3.8, 4) is 23.0 Å². The average molecular weight is 253 g/mol. The molecule has 1 heterocycles. The van der Waals surface area contributed by atoms with Crippen LogP contribution in [0.2, 0.25) is 0 Å². The van der Waals surface area contributed by atoms with E-state index in [2.05, 4.69) is 12.2 Å². The minimum atomic E-state index is 0.125. The molecule has 1 atom stereocenters. The Morgan fingerprint density at radius 1 is 1.22 bits per heavy atom. The Labute approximate surface area is 107 Å². The summed E-state index contributed by atoms with van der Waals surface area (Å²) in [5.41, 5.74) is 0.997. The van der Waals surface area contributed by atoms with Crippen LogP contribution in [0, 0.1) is 0 Å². The lowest BCUT2D eigenvalue weighted by Crippen LogP contribution is -2.22. The molecule has 0 radical (unpaired) electrons. The smallest absolute Gasteiger partial charge is 0.203 e. The van der Waals surface area contributed by atoms with E-state index in [1.54, 1.807) is 21.3 Å². The van der Waals surface area contributed by atoms with Gasteiger partial charge in [-0.05, 0) is 6.54 Å². The molecule has 100 valence electrons. The Morgan fingerprint density at radius 2 is 1.94 bits per heavy atom. The van der Waals surface area contributed by atoms with Crippen molar-refractivity contribution in [3.63, 3.8) is 0 Å². The summed E-state index contributed by atoms with van der Waals surface area (Å²) in [6.45, 7) is 3.52. The maximum Gasteiger partial charge on any atom is 0.203 e. The number of likely N-dealkylation sites (N-methyl/N-ethyl adjacent to an activating group) is 1. The number of hydrogen-bond acceptors (Lipinski definition) is 5. The molecule has 5 nitrogen and oxygen atoms in total. The Hall–Kier alpha value is -1.62. The molecule has 0 amide bonds. The van der Waals surface area contributed by atoms with Crippen LogP contribution >= 0.6 is 0 Å². The van der Waals surface area contributed by atoms with Gasteiger partial charge in [-0.1, -0.05) is 6.92 Å². The zero-order chi connectivity index (χ0) is 13.1. The monoisotopic (exact) mass is 253 g/mol. The lowest BCUT2D eigenvalue weighted by atomic mass is 10.1. The highest BCUT2D eigenvalue weighted by Gasteiger charge is 2.32. The minimum Gasteiger partial charge on any atom is -0.493 e. The van der Waals surface area contributed by atoms with E-state index in [0.29, 0.717) is 23.9 Å². The molecular formula is C13H19NO4. The first-order chi connectivity index (χ1) is 8.76. The van der Waals surface area contributed by atoms with Crippen LogP contribution in [0.4, 0.5) is 0 Å². The number of rotatable bonds is 5. The second kappa shape index (κ2) is 5.35. The van der Waals surface area contributed by atoms with Gasteiger partial charge >= 0.3 is 0 Å². The van der Waals surface area contributed by atoms with Crippen molar-refractivity contribution in [3.05, 3.63) is 11.6 Å². The van der Waals surface area contributed by atoms with Gasteiger partial charge in [0.05, 0.1) is 32.9 Å². The standard InChI is InChI=1S/C13H19NO4/c1-5-14-8-7-18-9-6-10(15-2)12(16-3)13(17-4)11(8)9/h6,8,14H,5,7H2,1-4H3. The van der Waals surface area contributed by atoms with E-state index >= 15 is 0 Å². The van der Waals surface area contributed by atoms with Crippen LogP contribution in [0.15, 0.2) is 6.07 Å². The Balaban J connectivity index is 2.54. The van der Waals surface area contributed by atoms with Gasteiger partial charge in [0.2, 0.25) is 5.75 Å². The van der Waals surface area contributed by atoms with Crippen molar-refractivity contribution in [2.24, 2.45) is 0 Å². The maximum atomic E-state index is 5.67. The van der Waals surface area contributed by atoms with Gasteiger partial charge in [0.25, 0.3) is 0 Å². The highest BCUT2D eigenvalue weighted by atomic mass is 16.5. The number of ether oxygens (including phenoxy) is 4. The first-order valence-electron chi connectivity index (χ1n) is 5.95. The molecule has 1 aliphatic heterocycles. The Morgan fingerprint density at radius 3 is 2.50 bits per heavy atom. The molecule has 18 heavy (non-hydrogen) atoms. The summed E-state index contributed by atoms with van der Waals surface area (Å²) in [5, 5.41) is 3.36. The molecule has 1 aliphatic rings. The zero-order valence-electron chi connectivity index (χ0n) is 11.2. The molecule has 0 aromatic heterocycles. The summed E-state index contributed by atoms with van der Waals surface area (Å²) >= 11 is 0. The highest BCUT2D eigenvalue weighted by Crippen LogP contribution is 2.50. The third kappa shape index (κ3) is 1.95. The molecule has 1 unspecified atom stereocenters. The lowest BCUT2D eigenvalue weighted by molar-refractivity contribution is 0.311.